The summed E-state index contributed by atoms with van der Waals surface area (Å²) < 4.78 is 0. The molecule has 0 spiro atoms. The van der Waals surface area contributed by atoms with Crippen molar-refractivity contribution in [2.45, 2.75) is 32.1 Å². The second-order valence-electron chi connectivity index (χ2n) is 3.61. The molecule has 2 rings (SSSR count). The van der Waals surface area contributed by atoms with E-state index in [1.54, 1.807) is 5.57 Å². The van der Waals surface area contributed by atoms with Gasteiger partial charge < -0.3 is 0 Å². The molecular formula is C12H13N. The molecule has 13 heavy (non-hydrogen) atoms. The molecule has 0 aromatic carbocycles. The molecule has 0 aromatic heterocycles. The first-order valence-corrected chi connectivity index (χ1v) is 4.88. The molecular weight excluding hydrogens is 158 g/mol. The van der Waals surface area contributed by atoms with Crippen molar-refractivity contribution >= 4 is 0 Å². The lowest BCUT2D eigenvalue weighted by Crippen LogP contribution is -1.87. The van der Waals surface area contributed by atoms with Gasteiger partial charge in [0.15, 0.2) is 0 Å². The molecule has 0 unspecified atom stereocenters. The summed E-state index contributed by atoms with van der Waals surface area (Å²) in [6, 6.07) is 2.22. The van der Waals surface area contributed by atoms with E-state index in [4.69, 9.17) is 5.26 Å². The predicted molar refractivity (Wildman–Crippen MR) is 52.9 cm³/mol. The van der Waals surface area contributed by atoms with E-state index in [-0.39, 0.29) is 0 Å². The average Bonchev–Trinajstić information content (AvgIpc) is 2.71. The number of nitriles is 1. The van der Waals surface area contributed by atoms with Crippen LogP contribution in [0.15, 0.2) is 34.9 Å². The van der Waals surface area contributed by atoms with Crippen LogP contribution in [0.1, 0.15) is 32.1 Å². The fourth-order valence-electron chi connectivity index (χ4n) is 2.11. The van der Waals surface area contributed by atoms with Gasteiger partial charge in [0.1, 0.15) is 0 Å². The molecule has 0 atom stereocenters. The molecule has 0 aromatic rings. The maximum absolute atomic E-state index is 8.65. The van der Waals surface area contributed by atoms with E-state index in [2.05, 4.69) is 24.3 Å². The summed E-state index contributed by atoms with van der Waals surface area (Å²) in [6.45, 7) is 0. The highest BCUT2D eigenvalue weighted by Gasteiger charge is 2.15. The number of hydrogen-bond acceptors (Lipinski definition) is 1. The standard InChI is InChI=1S/C12H13N/c13-9-8-11-6-3-7-12(11)10-4-1-2-5-10/h3,6-7H,1-2,4-5,8H2. The summed E-state index contributed by atoms with van der Waals surface area (Å²) in [5.74, 6) is 0. The largest absolute Gasteiger partial charge is 0.198 e. The van der Waals surface area contributed by atoms with Crippen molar-refractivity contribution in [2.75, 3.05) is 0 Å². The summed E-state index contributed by atoms with van der Waals surface area (Å²) in [7, 11) is 0. The van der Waals surface area contributed by atoms with E-state index in [0.717, 1.165) is 0 Å². The summed E-state index contributed by atoms with van der Waals surface area (Å²) in [6.07, 6.45) is 12.0. The maximum atomic E-state index is 8.65. The van der Waals surface area contributed by atoms with Crippen molar-refractivity contribution < 1.29 is 0 Å². The smallest absolute Gasteiger partial charge is 0.0669 e. The SMILES string of the molecule is N#CCC1=CC=CC1=C1CCCC1. The fraction of sp³-hybridized carbons (Fsp3) is 0.417. The van der Waals surface area contributed by atoms with Gasteiger partial charge in [-0.15, -0.1) is 0 Å². The van der Waals surface area contributed by atoms with Gasteiger partial charge in [0, 0.05) is 0 Å². The summed E-state index contributed by atoms with van der Waals surface area (Å²) in [5.41, 5.74) is 4.15. The Balaban J connectivity index is 2.24. The normalized spacial score (nSPS) is 20.7. The first-order valence-electron chi connectivity index (χ1n) is 4.88. The molecule has 2 aliphatic carbocycles. The first-order chi connectivity index (χ1) is 6.42. The van der Waals surface area contributed by atoms with Crippen LogP contribution in [0.5, 0.6) is 0 Å². The second kappa shape index (κ2) is 3.62. The van der Waals surface area contributed by atoms with Gasteiger partial charge in [-0.2, -0.15) is 5.26 Å². The Hall–Kier alpha value is -1.29. The zero-order chi connectivity index (χ0) is 9.10. The molecule has 1 nitrogen and oxygen atoms in total. The predicted octanol–water partition coefficient (Wildman–Crippen LogP) is 3.27. The first kappa shape index (κ1) is 8.31. The third-order valence-corrected chi connectivity index (χ3v) is 2.76. The molecule has 1 fully saturated rings. The lowest BCUT2D eigenvalue weighted by molar-refractivity contribution is 0.886. The van der Waals surface area contributed by atoms with Crippen LogP contribution in [0.3, 0.4) is 0 Å². The van der Waals surface area contributed by atoms with Crippen molar-refractivity contribution in [3.05, 3.63) is 34.9 Å². The molecule has 0 bridgehead atoms. The molecule has 0 radical (unpaired) electrons. The molecule has 0 N–H and O–H groups in total. The Morgan fingerprint density at radius 2 is 2.08 bits per heavy atom. The van der Waals surface area contributed by atoms with E-state index in [1.165, 1.54) is 36.8 Å². The van der Waals surface area contributed by atoms with Crippen LogP contribution < -0.4 is 0 Å². The number of hydrogen-bond donors (Lipinski definition) is 0. The van der Waals surface area contributed by atoms with Crippen molar-refractivity contribution in [1.29, 1.82) is 5.26 Å². The Morgan fingerprint density at radius 1 is 1.31 bits per heavy atom. The summed E-state index contributed by atoms with van der Waals surface area (Å²) >= 11 is 0. The number of rotatable bonds is 1. The molecule has 0 aliphatic heterocycles. The molecule has 66 valence electrons. The van der Waals surface area contributed by atoms with Crippen LogP contribution in [0.4, 0.5) is 0 Å². The van der Waals surface area contributed by atoms with Crippen molar-refractivity contribution in [3.8, 4) is 6.07 Å². The number of allylic oxidation sites excluding steroid dienone is 6. The quantitative estimate of drug-likeness (QED) is 0.594. The summed E-state index contributed by atoms with van der Waals surface area (Å²) in [5, 5.41) is 8.65. The molecule has 2 aliphatic rings. The molecule has 0 heterocycles. The van der Waals surface area contributed by atoms with Gasteiger partial charge in [0.25, 0.3) is 0 Å². The minimum atomic E-state index is 0.561. The molecule has 1 saturated carbocycles. The van der Waals surface area contributed by atoms with Gasteiger partial charge in [-0.3, -0.25) is 0 Å². The topological polar surface area (TPSA) is 23.8 Å². The van der Waals surface area contributed by atoms with Gasteiger partial charge in [0.05, 0.1) is 12.5 Å². The average molecular weight is 171 g/mol. The highest BCUT2D eigenvalue weighted by Crippen LogP contribution is 2.33. The van der Waals surface area contributed by atoms with Crippen molar-refractivity contribution in [2.24, 2.45) is 0 Å². The highest BCUT2D eigenvalue weighted by molar-refractivity contribution is 5.52. The zero-order valence-electron chi connectivity index (χ0n) is 7.71. The van der Waals surface area contributed by atoms with Crippen molar-refractivity contribution in [3.63, 3.8) is 0 Å². The maximum Gasteiger partial charge on any atom is 0.0669 e. The van der Waals surface area contributed by atoms with Gasteiger partial charge >= 0.3 is 0 Å². The van der Waals surface area contributed by atoms with Crippen LogP contribution in [-0.4, -0.2) is 0 Å². The Labute approximate surface area is 79.1 Å². The lowest BCUT2D eigenvalue weighted by Gasteiger charge is -2.04. The highest BCUT2D eigenvalue weighted by atomic mass is 14.3. The van der Waals surface area contributed by atoms with E-state index >= 15 is 0 Å². The molecule has 0 saturated heterocycles. The fourth-order valence-corrected chi connectivity index (χ4v) is 2.11. The monoisotopic (exact) mass is 171 g/mol. The summed E-state index contributed by atoms with van der Waals surface area (Å²) in [4.78, 5) is 0. The van der Waals surface area contributed by atoms with Crippen LogP contribution in [-0.2, 0) is 0 Å². The van der Waals surface area contributed by atoms with E-state index in [0.29, 0.717) is 6.42 Å². The minimum absolute atomic E-state index is 0.561. The van der Waals surface area contributed by atoms with Gasteiger partial charge in [-0.05, 0) is 36.8 Å². The van der Waals surface area contributed by atoms with Crippen LogP contribution in [0.2, 0.25) is 0 Å². The second-order valence-corrected chi connectivity index (χ2v) is 3.61. The number of nitrogens with zero attached hydrogens (tertiary/aromatic N) is 1. The van der Waals surface area contributed by atoms with Gasteiger partial charge in [-0.1, -0.05) is 23.8 Å². The minimum Gasteiger partial charge on any atom is -0.198 e. The van der Waals surface area contributed by atoms with Crippen LogP contribution in [0.25, 0.3) is 0 Å². The van der Waals surface area contributed by atoms with Gasteiger partial charge in [-0.25, -0.2) is 0 Å². The molecule has 1 heteroatoms. The van der Waals surface area contributed by atoms with Gasteiger partial charge in [0.2, 0.25) is 0 Å². The Kier molecular flexibility index (Phi) is 2.31. The van der Waals surface area contributed by atoms with E-state index in [1.807, 2.05) is 0 Å². The third-order valence-electron chi connectivity index (χ3n) is 2.76. The molecule has 0 amide bonds. The Morgan fingerprint density at radius 3 is 2.77 bits per heavy atom. The zero-order valence-corrected chi connectivity index (χ0v) is 7.71. The van der Waals surface area contributed by atoms with E-state index in [9.17, 15) is 0 Å². The Bertz CT molecular complexity index is 329. The lowest BCUT2D eigenvalue weighted by atomic mass is 10.00. The van der Waals surface area contributed by atoms with Crippen molar-refractivity contribution in [1.82, 2.24) is 0 Å². The van der Waals surface area contributed by atoms with Crippen LogP contribution in [0, 0.1) is 11.3 Å². The third kappa shape index (κ3) is 1.58. The van der Waals surface area contributed by atoms with Crippen LogP contribution >= 0.6 is 0 Å². The van der Waals surface area contributed by atoms with E-state index < -0.39 is 0 Å².